The first-order valence-electron chi connectivity index (χ1n) is 6.99. The molecule has 0 aliphatic rings. The SMILES string of the molecule is Cc1cccc(C)c1NC(=O)C[C@@H](C)c1ccccc1. The van der Waals surface area contributed by atoms with Crippen molar-refractivity contribution in [3.8, 4) is 0 Å². The molecule has 0 bridgehead atoms. The van der Waals surface area contributed by atoms with Crippen LogP contribution in [-0.4, -0.2) is 5.91 Å². The molecule has 0 fully saturated rings. The summed E-state index contributed by atoms with van der Waals surface area (Å²) in [6.07, 6.45) is 0.498. The van der Waals surface area contributed by atoms with E-state index < -0.39 is 0 Å². The van der Waals surface area contributed by atoms with Gasteiger partial charge in [0.05, 0.1) is 0 Å². The van der Waals surface area contributed by atoms with Gasteiger partial charge in [-0.3, -0.25) is 4.79 Å². The van der Waals surface area contributed by atoms with E-state index in [1.165, 1.54) is 5.56 Å². The topological polar surface area (TPSA) is 29.1 Å². The zero-order valence-corrected chi connectivity index (χ0v) is 12.3. The van der Waals surface area contributed by atoms with Crippen LogP contribution in [-0.2, 0) is 4.79 Å². The summed E-state index contributed by atoms with van der Waals surface area (Å²) < 4.78 is 0. The number of carbonyl (C=O) groups excluding carboxylic acids is 1. The van der Waals surface area contributed by atoms with Crippen LogP contribution in [0.4, 0.5) is 5.69 Å². The summed E-state index contributed by atoms with van der Waals surface area (Å²) in [5.74, 6) is 0.291. The Morgan fingerprint density at radius 3 is 2.20 bits per heavy atom. The van der Waals surface area contributed by atoms with E-state index in [9.17, 15) is 4.79 Å². The molecular formula is C18H21NO. The van der Waals surface area contributed by atoms with Gasteiger partial charge in [0, 0.05) is 12.1 Å². The van der Waals surface area contributed by atoms with Crippen LogP contribution in [0.25, 0.3) is 0 Å². The second kappa shape index (κ2) is 6.38. The van der Waals surface area contributed by atoms with Gasteiger partial charge in [-0.2, -0.15) is 0 Å². The summed E-state index contributed by atoms with van der Waals surface area (Å²) >= 11 is 0. The molecule has 1 N–H and O–H groups in total. The lowest BCUT2D eigenvalue weighted by Crippen LogP contribution is -2.15. The van der Waals surface area contributed by atoms with Gasteiger partial charge in [0.25, 0.3) is 0 Å². The van der Waals surface area contributed by atoms with E-state index in [0.717, 1.165) is 16.8 Å². The van der Waals surface area contributed by atoms with Gasteiger partial charge in [0.15, 0.2) is 0 Å². The fraction of sp³-hybridized carbons (Fsp3) is 0.278. The van der Waals surface area contributed by atoms with Crippen LogP contribution in [0.2, 0.25) is 0 Å². The molecule has 2 rings (SSSR count). The Hall–Kier alpha value is -2.09. The third-order valence-electron chi connectivity index (χ3n) is 3.61. The van der Waals surface area contributed by atoms with Gasteiger partial charge in [-0.1, -0.05) is 55.5 Å². The van der Waals surface area contributed by atoms with Gasteiger partial charge in [0.2, 0.25) is 5.91 Å². The van der Waals surface area contributed by atoms with Gasteiger partial charge >= 0.3 is 0 Å². The number of aryl methyl sites for hydroxylation is 2. The highest BCUT2D eigenvalue weighted by molar-refractivity contribution is 5.92. The molecule has 20 heavy (non-hydrogen) atoms. The zero-order valence-electron chi connectivity index (χ0n) is 12.3. The molecular weight excluding hydrogens is 246 g/mol. The first-order chi connectivity index (χ1) is 9.58. The van der Waals surface area contributed by atoms with Crippen molar-refractivity contribution in [2.75, 3.05) is 5.32 Å². The van der Waals surface area contributed by atoms with Gasteiger partial charge < -0.3 is 5.32 Å². The molecule has 0 radical (unpaired) electrons. The minimum Gasteiger partial charge on any atom is -0.326 e. The summed E-state index contributed by atoms with van der Waals surface area (Å²) in [7, 11) is 0. The van der Waals surface area contributed by atoms with Crippen molar-refractivity contribution < 1.29 is 4.79 Å². The quantitative estimate of drug-likeness (QED) is 0.872. The maximum atomic E-state index is 12.2. The minimum atomic E-state index is 0.0683. The summed E-state index contributed by atoms with van der Waals surface area (Å²) in [4.78, 5) is 12.2. The number of amides is 1. The Morgan fingerprint density at radius 1 is 1.00 bits per heavy atom. The number of benzene rings is 2. The summed E-state index contributed by atoms with van der Waals surface area (Å²) in [5.41, 5.74) is 4.35. The molecule has 1 atom stereocenters. The number of hydrogen-bond donors (Lipinski definition) is 1. The molecule has 2 nitrogen and oxygen atoms in total. The number of nitrogens with one attached hydrogen (secondary N) is 1. The van der Waals surface area contributed by atoms with Crippen molar-refractivity contribution in [2.24, 2.45) is 0 Å². The Kier molecular flexibility index (Phi) is 4.57. The molecule has 2 heteroatoms. The molecule has 0 aromatic heterocycles. The fourth-order valence-electron chi connectivity index (χ4n) is 2.38. The first kappa shape index (κ1) is 14.3. The predicted octanol–water partition coefficient (Wildman–Crippen LogP) is 4.44. The second-order valence-electron chi connectivity index (χ2n) is 5.33. The predicted molar refractivity (Wildman–Crippen MR) is 84.0 cm³/mol. The molecule has 2 aromatic rings. The highest BCUT2D eigenvalue weighted by Gasteiger charge is 2.12. The Bertz CT molecular complexity index is 569. The van der Waals surface area contributed by atoms with Crippen LogP contribution in [0, 0.1) is 13.8 Å². The van der Waals surface area contributed by atoms with E-state index in [0.29, 0.717) is 6.42 Å². The summed E-state index contributed by atoms with van der Waals surface area (Å²) in [6.45, 7) is 6.12. The second-order valence-corrected chi connectivity index (χ2v) is 5.33. The van der Waals surface area contributed by atoms with Crippen molar-refractivity contribution >= 4 is 11.6 Å². The van der Waals surface area contributed by atoms with E-state index >= 15 is 0 Å². The van der Waals surface area contributed by atoms with E-state index in [-0.39, 0.29) is 11.8 Å². The zero-order chi connectivity index (χ0) is 14.5. The van der Waals surface area contributed by atoms with E-state index in [4.69, 9.17) is 0 Å². The van der Waals surface area contributed by atoms with Gasteiger partial charge in [-0.25, -0.2) is 0 Å². The number of rotatable bonds is 4. The molecule has 0 unspecified atom stereocenters. The standard InChI is InChI=1S/C18H21NO/c1-13-8-7-9-14(2)18(13)19-17(20)12-15(3)16-10-5-4-6-11-16/h4-11,15H,12H2,1-3H3,(H,19,20)/t15-/m1/s1. The number of para-hydroxylation sites is 1. The van der Waals surface area contributed by atoms with Crippen molar-refractivity contribution in [2.45, 2.75) is 33.1 Å². The molecule has 1 amide bonds. The Morgan fingerprint density at radius 2 is 1.60 bits per heavy atom. The molecule has 0 spiro atoms. The van der Waals surface area contributed by atoms with Crippen molar-refractivity contribution in [3.63, 3.8) is 0 Å². The highest BCUT2D eigenvalue weighted by Crippen LogP contribution is 2.22. The van der Waals surface area contributed by atoms with Crippen LogP contribution in [0.5, 0.6) is 0 Å². The molecule has 0 saturated carbocycles. The minimum absolute atomic E-state index is 0.0683. The van der Waals surface area contributed by atoms with Gasteiger partial charge in [-0.05, 0) is 36.5 Å². The molecule has 0 aliphatic carbocycles. The van der Waals surface area contributed by atoms with Crippen LogP contribution in [0.1, 0.15) is 36.0 Å². The van der Waals surface area contributed by atoms with Crippen LogP contribution in [0.3, 0.4) is 0 Å². The van der Waals surface area contributed by atoms with Crippen LogP contribution < -0.4 is 5.32 Å². The first-order valence-corrected chi connectivity index (χ1v) is 6.99. The number of hydrogen-bond acceptors (Lipinski definition) is 1. The smallest absolute Gasteiger partial charge is 0.224 e. The number of anilines is 1. The van der Waals surface area contributed by atoms with Crippen molar-refractivity contribution in [3.05, 3.63) is 65.2 Å². The third kappa shape index (κ3) is 3.47. The van der Waals surface area contributed by atoms with Gasteiger partial charge in [-0.15, -0.1) is 0 Å². The maximum absolute atomic E-state index is 12.2. The van der Waals surface area contributed by atoms with E-state index in [2.05, 4.69) is 24.4 Å². The lowest BCUT2D eigenvalue weighted by Gasteiger charge is -2.14. The molecule has 2 aromatic carbocycles. The number of carbonyl (C=O) groups is 1. The average Bonchev–Trinajstić information content (AvgIpc) is 2.44. The van der Waals surface area contributed by atoms with E-state index in [1.54, 1.807) is 0 Å². The largest absolute Gasteiger partial charge is 0.326 e. The van der Waals surface area contributed by atoms with E-state index in [1.807, 2.05) is 50.2 Å². The molecule has 0 heterocycles. The maximum Gasteiger partial charge on any atom is 0.224 e. The Labute approximate surface area is 120 Å². The lowest BCUT2D eigenvalue weighted by atomic mass is 9.97. The monoisotopic (exact) mass is 267 g/mol. The van der Waals surface area contributed by atoms with Crippen molar-refractivity contribution in [1.29, 1.82) is 0 Å². The summed E-state index contributed by atoms with van der Waals surface area (Å²) in [6, 6.07) is 16.2. The lowest BCUT2D eigenvalue weighted by molar-refractivity contribution is -0.116. The molecule has 0 saturated heterocycles. The molecule has 104 valence electrons. The van der Waals surface area contributed by atoms with Crippen molar-refractivity contribution in [1.82, 2.24) is 0 Å². The van der Waals surface area contributed by atoms with Crippen LogP contribution in [0.15, 0.2) is 48.5 Å². The third-order valence-corrected chi connectivity index (χ3v) is 3.61. The van der Waals surface area contributed by atoms with Crippen LogP contribution >= 0.6 is 0 Å². The fourth-order valence-corrected chi connectivity index (χ4v) is 2.38. The highest BCUT2D eigenvalue weighted by atomic mass is 16.1. The normalized spacial score (nSPS) is 11.9. The Balaban J connectivity index is 2.03. The average molecular weight is 267 g/mol. The molecule has 0 aliphatic heterocycles. The van der Waals surface area contributed by atoms with Gasteiger partial charge in [0.1, 0.15) is 0 Å². The summed E-state index contributed by atoms with van der Waals surface area (Å²) in [5, 5.41) is 3.04.